The summed E-state index contributed by atoms with van der Waals surface area (Å²) in [6.07, 6.45) is 1.52. The largest absolute Gasteiger partial charge is 0.492 e. The van der Waals surface area contributed by atoms with Crippen LogP contribution in [0.25, 0.3) is 10.8 Å². The van der Waals surface area contributed by atoms with Crippen molar-refractivity contribution in [3.05, 3.63) is 65.1 Å². The molecule has 0 radical (unpaired) electrons. The molecule has 30 heavy (non-hydrogen) atoms. The Labute approximate surface area is 173 Å². The van der Waals surface area contributed by atoms with E-state index in [0.29, 0.717) is 34.6 Å². The van der Waals surface area contributed by atoms with Crippen LogP contribution in [-0.2, 0) is 20.9 Å². The molecule has 1 N–H and O–H groups in total. The van der Waals surface area contributed by atoms with Crippen LogP contribution in [0.2, 0.25) is 0 Å². The molecule has 0 saturated carbocycles. The lowest BCUT2D eigenvalue weighted by Gasteiger charge is -2.13. The van der Waals surface area contributed by atoms with Crippen molar-refractivity contribution in [2.24, 2.45) is 0 Å². The van der Waals surface area contributed by atoms with Crippen LogP contribution in [0.4, 0.5) is 5.69 Å². The summed E-state index contributed by atoms with van der Waals surface area (Å²) in [7, 11) is 1.27. The maximum atomic E-state index is 12.8. The molecule has 0 aliphatic heterocycles. The second kappa shape index (κ2) is 9.60. The summed E-state index contributed by atoms with van der Waals surface area (Å²) < 4.78 is 16.8. The lowest BCUT2D eigenvalue weighted by atomic mass is 10.1. The minimum Gasteiger partial charge on any atom is -0.492 e. The number of fused-ring (bicyclic) bond motifs is 1. The molecule has 1 amide bonds. The molecule has 3 rings (SSSR count). The van der Waals surface area contributed by atoms with Gasteiger partial charge in [-0.25, -0.2) is 4.79 Å². The maximum Gasteiger partial charge on any atom is 0.343 e. The van der Waals surface area contributed by atoms with Crippen molar-refractivity contribution in [3.63, 3.8) is 0 Å². The van der Waals surface area contributed by atoms with E-state index in [1.165, 1.54) is 17.9 Å². The first-order valence-corrected chi connectivity index (χ1v) is 9.37. The fourth-order valence-corrected chi connectivity index (χ4v) is 2.93. The number of carbonyl (C=O) groups is 2. The smallest absolute Gasteiger partial charge is 0.343 e. The van der Waals surface area contributed by atoms with E-state index < -0.39 is 5.97 Å². The molecule has 1 heterocycles. The Bertz CT molecular complexity index is 1120. The first-order chi connectivity index (χ1) is 14.5. The highest BCUT2D eigenvalue weighted by Gasteiger charge is 2.12. The molecule has 0 aliphatic carbocycles. The predicted molar refractivity (Wildman–Crippen MR) is 112 cm³/mol. The number of carbonyl (C=O) groups excluding carboxylic acids is 2. The quantitative estimate of drug-likeness (QED) is 0.574. The van der Waals surface area contributed by atoms with E-state index in [4.69, 9.17) is 9.47 Å². The molecule has 8 nitrogen and oxygen atoms in total. The molecule has 0 unspecified atom stereocenters. The number of para-hydroxylation sites is 2. The fourth-order valence-electron chi connectivity index (χ4n) is 2.93. The van der Waals surface area contributed by atoms with Crippen LogP contribution in [0.5, 0.6) is 11.5 Å². The Balaban J connectivity index is 1.80. The van der Waals surface area contributed by atoms with Gasteiger partial charge in [0.2, 0.25) is 5.91 Å². The Kier molecular flexibility index (Phi) is 6.69. The topological polar surface area (TPSA) is 95.9 Å². The molecule has 0 aliphatic rings. The van der Waals surface area contributed by atoms with Crippen LogP contribution in [0.15, 0.2) is 59.5 Å². The van der Waals surface area contributed by atoms with Crippen LogP contribution in [0.1, 0.15) is 6.92 Å². The minimum absolute atomic E-state index is 0.164. The molecule has 3 aromatic rings. The number of methoxy groups -OCH3 is 1. The van der Waals surface area contributed by atoms with Gasteiger partial charge in [0.05, 0.1) is 24.8 Å². The van der Waals surface area contributed by atoms with Gasteiger partial charge < -0.3 is 24.1 Å². The summed E-state index contributed by atoms with van der Waals surface area (Å²) >= 11 is 0. The summed E-state index contributed by atoms with van der Waals surface area (Å²) in [4.78, 5) is 36.7. The fraction of sp³-hybridized carbons (Fsp3) is 0.227. The summed E-state index contributed by atoms with van der Waals surface area (Å²) in [6, 6.07) is 13.7. The van der Waals surface area contributed by atoms with Gasteiger partial charge in [-0.3, -0.25) is 9.59 Å². The highest BCUT2D eigenvalue weighted by molar-refractivity contribution is 5.93. The zero-order valence-electron chi connectivity index (χ0n) is 16.7. The van der Waals surface area contributed by atoms with E-state index in [1.807, 2.05) is 13.0 Å². The summed E-state index contributed by atoms with van der Waals surface area (Å²) in [5.41, 5.74) is 0.195. The van der Waals surface area contributed by atoms with Crippen molar-refractivity contribution >= 4 is 28.3 Å². The van der Waals surface area contributed by atoms with E-state index in [-0.39, 0.29) is 24.6 Å². The number of benzene rings is 2. The Morgan fingerprint density at radius 3 is 2.50 bits per heavy atom. The summed E-state index contributed by atoms with van der Waals surface area (Å²) in [6.45, 7) is 1.90. The standard InChI is InChI=1S/C22H22N2O6/c1-3-29-19-9-5-4-8-17(19)23-20(25)13-24-12-11-15-16(22(24)27)7-6-10-18(15)30-14-21(26)28-2/h4-12H,3,13-14H2,1-2H3,(H,23,25). The second-order valence-electron chi connectivity index (χ2n) is 6.31. The van der Waals surface area contributed by atoms with Gasteiger partial charge in [0.15, 0.2) is 6.61 Å². The van der Waals surface area contributed by atoms with Crippen molar-refractivity contribution in [2.75, 3.05) is 25.6 Å². The van der Waals surface area contributed by atoms with E-state index in [9.17, 15) is 14.4 Å². The van der Waals surface area contributed by atoms with E-state index in [1.54, 1.807) is 42.5 Å². The van der Waals surface area contributed by atoms with Crippen LogP contribution in [-0.4, -0.2) is 36.8 Å². The molecule has 0 atom stereocenters. The van der Waals surface area contributed by atoms with Gasteiger partial charge in [0.1, 0.15) is 18.0 Å². The molecule has 0 saturated heterocycles. The Hall–Kier alpha value is -3.81. The summed E-state index contributed by atoms with van der Waals surface area (Å²) in [5.74, 6) is 0.0647. The Morgan fingerprint density at radius 2 is 1.73 bits per heavy atom. The lowest BCUT2D eigenvalue weighted by molar-refractivity contribution is -0.142. The van der Waals surface area contributed by atoms with E-state index in [0.717, 1.165) is 0 Å². The normalized spacial score (nSPS) is 10.5. The van der Waals surface area contributed by atoms with Gasteiger partial charge in [-0.2, -0.15) is 0 Å². The summed E-state index contributed by atoms with van der Waals surface area (Å²) in [5, 5.41) is 3.69. The molecular formula is C22H22N2O6. The molecule has 1 aromatic heterocycles. The van der Waals surface area contributed by atoms with Crippen LogP contribution >= 0.6 is 0 Å². The third kappa shape index (κ3) is 4.78. The monoisotopic (exact) mass is 410 g/mol. The minimum atomic E-state index is -0.524. The molecule has 2 aromatic carbocycles. The van der Waals surface area contributed by atoms with E-state index >= 15 is 0 Å². The third-order valence-corrected chi connectivity index (χ3v) is 4.33. The zero-order valence-corrected chi connectivity index (χ0v) is 16.7. The zero-order chi connectivity index (χ0) is 21.5. The highest BCUT2D eigenvalue weighted by atomic mass is 16.6. The van der Waals surface area contributed by atoms with Crippen LogP contribution < -0.4 is 20.3 Å². The second-order valence-corrected chi connectivity index (χ2v) is 6.31. The molecule has 8 heteroatoms. The lowest BCUT2D eigenvalue weighted by Crippen LogP contribution is -2.27. The van der Waals surface area contributed by atoms with Crippen molar-refractivity contribution < 1.29 is 23.8 Å². The number of anilines is 1. The van der Waals surface area contributed by atoms with Gasteiger partial charge in [-0.15, -0.1) is 0 Å². The molecule has 156 valence electrons. The number of hydrogen-bond acceptors (Lipinski definition) is 6. The number of amides is 1. The number of rotatable bonds is 8. The number of nitrogens with one attached hydrogen (secondary N) is 1. The average molecular weight is 410 g/mol. The van der Waals surface area contributed by atoms with Gasteiger partial charge in [0, 0.05) is 11.6 Å². The molecule has 0 fully saturated rings. The first kappa shape index (κ1) is 20.9. The molecular weight excluding hydrogens is 388 g/mol. The highest BCUT2D eigenvalue weighted by Crippen LogP contribution is 2.24. The van der Waals surface area contributed by atoms with Crippen molar-refractivity contribution in [1.82, 2.24) is 4.57 Å². The SMILES string of the molecule is CCOc1ccccc1NC(=O)Cn1ccc2c(OCC(=O)OC)cccc2c1=O. The number of nitrogens with zero attached hydrogens (tertiary/aromatic N) is 1. The maximum absolute atomic E-state index is 12.8. The van der Waals surface area contributed by atoms with Crippen LogP contribution in [0.3, 0.4) is 0 Å². The average Bonchev–Trinajstić information content (AvgIpc) is 2.75. The number of pyridine rings is 1. The van der Waals surface area contributed by atoms with Crippen LogP contribution in [0, 0.1) is 0 Å². The van der Waals surface area contributed by atoms with Gasteiger partial charge in [-0.1, -0.05) is 18.2 Å². The van der Waals surface area contributed by atoms with Gasteiger partial charge in [-0.05, 0) is 37.3 Å². The number of esters is 1. The number of ether oxygens (including phenoxy) is 3. The van der Waals surface area contributed by atoms with Gasteiger partial charge in [0.25, 0.3) is 5.56 Å². The van der Waals surface area contributed by atoms with Crippen molar-refractivity contribution in [3.8, 4) is 11.5 Å². The number of aromatic nitrogens is 1. The van der Waals surface area contributed by atoms with Crippen molar-refractivity contribution in [1.29, 1.82) is 0 Å². The molecule has 0 spiro atoms. The number of hydrogen-bond donors (Lipinski definition) is 1. The van der Waals surface area contributed by atoms with E-state index in [2.05, 4.69) is 10.1 Å². The molecule has 0 bridgehead atoms. The van der Waals surface area contributed by atoms with Crippen molar-refractivity contribution in [2.45, 2.75) is 13.5 Å². The predicted octanol–water partition coefficient (Wildman–Crippen LogP) is 2.59. The first-order valence-electron chi connectivity index (χ1n) is 9.37. The third-order valence-electron chi connectivity index (χ3n) is 4.33. The Morgan fingerprint density at radius 1 is 0.967 bits per heavy atom. The van der Waals surface area contributed by atoms with Gasteiger partial charge >= 0.3 is 5.97 Å².